The van der Waals surface area contributed by atoms with Crippen LogP contribution in [-0.2, 0) is 32.9 Å². The molecular weight excluding hydrogens is 693 g/mol. The van der Waals surface area contributed by atoms with E-state index in [1.165, 1.54) is 33.9 Å². The van der Waals surface area contributed by atoms with Crippen LogP contribution in [-0.4, -0.2) is 91.2 Å². The average Bonchev–Trinajstić information content (AvgIpc) is 3.67. The Hall–Kier alpha value is -4.53. The highest BCUT2D eigenvalue weighted by Gasteiger charge is 2.48. The molecule has 0 bridgehead atoms. The van der Waals surface area contributed by atoms with E-state index < -0.39 is 36.4 Å². The zero-order valence-electron chi connectivity index (χ0n) is 24.5. The molecular formula is C27H26F9N5O6S. The SMILES string of the molecule is Cc1ncsc1CN1CCC2(C1)CN(Cc1cccnc1)c1cccnc12.O=C(O)C(F)(F)F.O=C(O)C(F)(F)F.O=C(O)C(F)(F)F. The van der Waals surface area contributed by atoms with Gasteiger partial charge >= 0.3 is 36.4 Å². The molecule has 0 aliphatic carbocycles. The standard InChI is InChI=1S/C21H23N5S.3C2HF3O2/c1-16-19(27-15-24-16)12-25-9-6-21(13-25)14-26(11-17-4-2-7-22-10-17)18-5-3-8-23-20(18)21;3*3-2(4,5)1(6)7/h2-5,7-8,10,15H,6,9,11-14H2,1H3;3*(H,6,7). The van der Waals surface area contributed by atoms with Crippen molar-refractivity contribution in [3.8, 4) is 0 Å². The average molecular weight is 720 g/mol. The predicted molar refractivity (Wildman–Crippen MR) is 149 cm³/mol. The van der Waals surface area contributed by atoms with Crippen LogP contribution in [0.5, 0.6) is 0 Å². The molecule has 1 unspecified atom stereocenters. The highest BCUT2D eigenvalue weighted by Crippen LogP contribution is 2.46. The molecule has 0 radical (unpaired) electrons. The number of carboxylic acid groups (broad SMARTS) is 3. The molecule has 5 heterocycles. The first kappa shape index (κ1) is 39.6. The van der Waals surface area contributed by atoms with Crippen LogP contribution < -0.4 is 4.90 Å². The summed E-state index contributed by atoms with van der Waals surface area (Å²) in [6.45, 7) is 7.23. The molecule has 21 heteroatoms. The molecule has 5 rings (SSSR count). The second kappa shape index (κ2) is 16.0. The van der Waals surface area contributed by atoms with E-state index in [1.807, 2.05) is 30.2 Å². The summed E-state index contributed by atoms with van der Waals surface area (Å²) in [4.78, 5) is 46.7. The van der Waals surface area contributed by atoms with Gasteiger partial charge in [0.05, 0.1) is 22.6 Å². The van der Waals surface area contributed by atoms with Crippen LogP contribution in [0.15, 0.2) is 48.4 Å². The lowest BCUT2D eigenvalue weighted by Gasteiger charge is -2.26. The first-order valence-corrected chi connectivity index (χ1v) is 14.1. The lowest BCUT2D eigenvalue weighted by molar-refractivity contribution is -0.193. The molecule has 264 valence electrons. The Morgan fingerprint density at radius 2 is 1.38 bits per heavy atom. The molecule has 1 saturated heterocycles. The minimum absolute atomic E-state index is 0.136. The number of pyridine rings is 2. The Labute approximate surface area is 269 Å². The minimum Gasteiger partial charge on any atom is -0.475 e. The van der Waals surface area contributed by atoms with Crippen molar-refractivity contribution in [2.75, 3.05) is 24.5 Å². The number of nitrogens with zero attached hydrogens (tertiary/aromatic N) is 5. The minimum atomic E-state index is -5.08. The van der Waals surface area contributed by atoms with Crippen molar-refractivity contribution in [1.82, 2.24) is 19.9 Å². The number of alkyl halides is 9. The third-order valence-electron chi connectivity index (χ3n) is 6.59. The monoisotopic (exact) mass is 719 g/mol. The first-order chi connectivity index (χ1) is 22.1. The van der Waals surface area contributed by atoms with E-state index >= 15 is 0 Å². The van der Waals surface area contributed by atoms with Gasteiger partial charge in [0.25, 0.3) is 0 Å². The van der Waals surface area contributed by atoms with Crippen molar-refractivity contribution in [3.05, 3.63) is 70.2 Å². The van der Waals surface area contributed by atoms with Gasteiger partial charge in [0.15, 0.2) is 0 Å². The number of rotatable bonds is 4. The largest absolute Gasteiger partial charge is 0.490 e. The van der Waals surface area contributed by atoms with Gasteiger partial charge in [-0.05, 0) is 43.7 Å². The Morgan fingerprint density at radius 1 is 0.833 bits per heavy atom. The maximum absolute atomic E-state index is 10.6. The van der Waals surface area contributed by atoms with Gasteiger partial charge in [-0.3, -0.25) is 14.9 Å². The molecule has 1 fully saturated rings. The van der Waals surface area contributed by atoms with Crippen LogP contribution in [0.2, 0.25) is 0 Å². The number of aryl methyl sites for hydroxylation is 1. The van der Waals surface area contributed by atoms with Crippen molar-refractivity contribution < 1.29 is 69.2 Å². The lowest BCUT2D eigenvalue weighted by atomic mass is 9.85. The summed E-state index contributed by atoms with van der Waals surface area (Å²) < 4.78 is 95.2. The van der Waals surface area contributed by atoms with Gasteiger partial charge in [-0.25, -0.2) is 19.4 Å². The Bertz CT molecular complexity index is 1480. The Kier molecular flexibility index (Phi) is 13.3. The highest BCUT2D eigenvalue weighted by atomic mass is 32.1. The molecule has 1 spiro atoms. The van der Waals surface area contributed by atoms with Crippen LogP contribution in [0.3, 0.4) is 0 Å². The van der Waals surface area contributed by atoms with Gasteiger partial charge in [-0.15, -0.1) is 11.3 Å². The molecule has 2 aliphatic heterocycles. The highest BCUT2D eigenvalue weighted by molar-refractivity contribution is 7.09. The molecule has 3 aromatic heterocycles. The fourth-order valence-electron chi connectivity index (χ4n) is 4.54. The quantitative estimate of drug-likeness (QED) is 0.301. The summed E-state index contributed by atoms with van der Waals surface area (Å²) in [6.07, 6.45) is -8.34. The molecule has 3 aromatic rings. The molecule has 0 amide bonds. The molecule has 0 aromatic carbocycles. The summed E-state index contributed by atoms with van der Waals surface area (Å²) >= 11 is 1.77. The molecule has 48 heavy (non-hydrogen) atoms. The number of fused-ring (bicyclic) bond motifs is 2. The summed E-state index contributed by atoms with van der Waals surface area (Å²) in [5.74, 6) is -8.27. The van der Waals surface area contributed by atoms with Crippen LogP contribution in [0, 0.1) is 6.92 Å². The molecule has 3 N–H and O–H groups in total. The first-order valence-electron chi connectivity index (χ1n) is 13.2. The zero-order chi connectivity index (χ0) is 36.5. The van der Waals surface area contributed by atoms with Crippen molar-refractivity contribution in [2.24, 2.45) is 0 Å². The van der Waals surface area contributed by atoms with Gasteiger partial charge in [0.1, 0.15) is 0 Å². The third kappa shape index (κ3) is 11.6. The van der Waals surface area contributed by atoms with E-state index in [1.54, 1.807) is 11.3 Å². The van der Waals surface area contributed by atoms with Crippen LogP contribution in [0.1, 0.15) is 28.2 Å². The molecule has 1 atom stereocenters. The second-order valence-corrected chi connectivity index (χ2v) is 11.0. The number of thiazole rings is 1. The van der Waals surface area contributed by atoms with E-state index in [9.17, 15) is 39.5 Å². The normalized spacial score (nSPS) is 17.2. The lowest BCUT2D eigenvalue weighted by Crippen LogP contribution is -2.36. The fraction of sp³-hybridized carbons (Fsp3) is 0.407. The number of aliphatic carboxylic acids is 3. The fourth-order valence-corrected chi connectivity index (χ4v) is 5.35. The van der Waals surface area contributed by atoms with E-state index in [0.717, 1.165) is 32.7 Å². The smallest absolute Gasteiger partial charge is 0.475 e. The number of carbonyl (C=O) groups is 3. The number of halogens is 9. The van der Waals surface area contributed by atoms with Crippen molar-refractivity contribution in [1.29, 1.82) is 0 Å². The summed E-state index contributed by atoms with van der Waals surface area (Å²) in [5.41, 5.74) is 7.08. The van der Waals surface area contributed by atoms with E-state index in [-0.39, 0.29) is 5.41 Å². The number of hydrogen-bond acceptors (Lipinski definition) is 9. The van der Waals surface area contributed by atoms with E-state index in [2.05, 4.69) is 44.9 Å². The number of anilines is 1. The third-order valence-corrected chi connectivity index (χ3v) is 7.51. The van der Waals surface area contributed by atoms with Crippen molar-refractivity contribution >= 4 is 34.9 Å². The predicted octanol–water partition coefficient (Wildman–Crippen LogP) is 5.31. The van der Waals surface area contributed by atoms with Crippen molar-refractivity contribution in [3.63, 3.8) is 0 Å². The van der Waals surface area contributed by atoms with Crippen LogP contribution in [0.4, 0.5) is 45.2 Å². The number of aromatic nitrogens is 3. The number of hydrogen-bond donors (Lipinski definition) is 3. The molecule has 2 aliphatic rings. The molecule has 0 saturated carbocycles. The van der Waals surface area contributed by atoms with Crippen LogP contribution in [0.25, 0.3) is 0 Å². The van der Waals surface area contributed by atoms with Crippen LogP contribution >= 0.6 is 11.3 Å². The summed E-state index contributed by atoms with van der Waals surface area (Å²) in [5, 5.41) is 21.4. The van der Waals surface area contributed by atoms with Gasteiger partial charge in [-0.2, -0.15) is 39.5 Å². The maximum atomic E-state index is 10.6. The van der Waals surface area contributed by atoms with E-state index in [4.69, 9.17) is 34.7 Å². The van der Waals surface area contributed by atoms with Gasteiger partial charge in [0.2, 0.25) is 0 Å². The zero-order valence-corrected chi connectivity index (χ0v) is 25.3. The van der Waals surface area contributed by atoms with Gasteiger partial charge in [0, 0.05) is 55.1 Å². The van der Waals surface area contributed by atoms with Crippen molar-refractivity contribution in [2.45, 2.75) is 50.4 Å². The van der Waals surface area contributed by atoms with Gasteiger partial charge < -0.3 is 20.2 Å². The topological polar surface area (TPSA) is 157 Å². The number of likely N-dealkylation sites (tertiary alicyclic amines) is 1. The Morgan fingerprint density at radius 3 is 1.83 bits per heavy atom. The van der Waals surface area contributed by atoms with E-state index in [0.29, 0.717) is 0 Å². The summed E-state index contributed by atoms with van der Waals surface area (Å²) in [7, 11) is 0. The van der Waals surface area contributed by atoms with Gasteiger partial charge in [-0.1, -0.05) is 6.07 Å². The summed E-state index contributed by atoms with van der Waals surface area (Å²) in [6, 6.07) is 8.45. The number of carboxylic acids is 3. The Balaban J connectivity index is 0.000000313. The second-order valence-electron chi connectivity index (χ2n) is 10.1. The molecule has 11 nitrogen and oxygen atoms in total. The maximum Gasteiger partial charge on any atom is 0.490 e.